The van der Waals surface area contributed by atoms with E-state index in [0.717, 1.165) is 17.7 Å². The van der Waals surface area contributed by atoms with E-state index >= 15 is 0 Å². The molecule has 0 aromatic heterocycles. The molecule has 116 valence electrons. The maximum Gasteiger partial charge on any atom is 0.319 e. The van der Waals surface area contributed by atoms with Crippen molar-refractivity contribution in [1.29, 1.82) is 0 Å². The van der Waals surface area contributed by atoms with Crippen LogP contribution in [0.3, 0.4) is 0 Å². The summed E-state index contributed by atoms with van der Waals surface area (Å²) in [4.78, 5) is 12.0. The number of urea groups is 1. The summed E-state index contributed by atoms with van der Waals surface area (Å²) in [5.41, 5.74) is 2.80. The van der Waals surface area contributed by atoms with Gasteiger partial charge in [0.2, 0.25) is 0 Å². The Bertz CT molecular complexity index is 656. The normalized spacial score (nSPS) is 11.8. The van der Waals surface area contributed by atoms with Gasteiger partial charge in [-0.25, -0.2) is 4.79 Å². The average molecular weight is 337 g/mol. The molecule has 0 heterocycles. The molecule has 5 heteroatoms. The lowest BCUT2D eigenvalue weighted by Gasteiger charge is -2.16. The van der Waals surface area contributed by atoms with Crippen molar-refractivity contribution >= 4 is 34.9 Å². The lowest BCUT2D eigenvalue weighted by atomic mass is 10.1. The summed E-state index contributed by atoms with van der Waals surface area (Å²) in [6.07, 6.45) is 0.971. The lowest BCUT2D eigenvalue weighted by Crippen LogP contribution is -2.31. The number of benzene rings is 2. The highest BCUT2D eigenvalue weighted by Crippen LogP contribution is 2.26. The highest BCUT2D eigenvalue weighted by molar-refractivity contribution is 6.35. The summed E-state index contributed by atoms with van der Waals surface area (Å²) >= 11 is 12.0. The summed E-state index contributed by atoms with van der Waals surface area (Å²) in [7, 11) is 0. The summed E-state index contributed by atoms with van der Waals surface area (Å²) in [6, 6.07) is 12.5. The molecule has 0 aliphatic carbocycles. The van der Waals surface area contributed by atoms with Crippen LogP contribution in [-0.4, -0.2) is 6.03 Å². The van der Waals surface area contributed by atoms with Crippen molar-refractivity contribution in [3.8, 4) is 0 Å². The first-order valence-electron chi connectivity index (χ1n) is 7.11. The predicted molar refractivity (Wildman–Crippen MR) is 92.9 cm³/mol. The average Bonchev–Trinajstić information content (AvgIpc) is 2.47. The van der Waals surface area contributed by atoms with Crippen LogP contribution in [0.15, 0.2) is 42.5 Å². The third-order valence-electron chi connectivity index (χ3n) is 3.40. The molecule has 22 heavy (non-hydrogen) atoms. The van der Waals surface area contributed by atoms with Crippen molar-refractivity contribution in [3.05, 3.63) is 63.6 Å². The van der Waals surface area contributed by atoms with E-state index in [9.17, 15) is 4.79 Å². The summed E-state index contributed by atoms with van der Waals surface area (Å²) in [6.45, 7) is 3.96. The van der Waals surface area contributed by atoms with Crippen molar-refractivity contribution in [2.24, 2.45) is 0 Å². The van der Waals surface area contributed by atoms with Gasteiger partial charge in [-0.15, -0.1) is 0 Å². The number of hydrogen-bond acceptors (Lipinski definition) is 1. The van der Waals surface area contributed by atoms with E-state index in [4.69, 9.17) is 23.2 Å². The van der Waals surface area contributed by atoms with E-state index in [-0.39, 0.29) is 12.1 Å². The molecule has 2 aromatic carbocycles. The van der Waals surface area contributed by atoms with E-state index in [1.807, 2.05) is 37.3 Å². The van der Waals surface area contributed by atoms with E-state index in [2.05, 4.69) is 17.6 Å². The van der Waals surface area contributed by atoms with Crippen molar-refractivity contribution in [1.82, 2.24) is 5.32 Å². The van der Waals surface area contributed by atoms with Gasteiger partial charge in [-0.05, 0) is 48.7 Å². The van der Waals surface area contributed by atoms with E-state index < -0.39 is 0 Å². The third-order valence-corrected chi connectivity index (χ3v) is 3.96. The second-order valence-corrected chi connectivity index (χ2v) is 5.88. The topological polar surface area (TPSA) is 41.1 Å². The number of aryl methyl sites for hydroxylation is 1. The number of amides is 2. The van der Waals surface area contributed by atoms with Crippen LogP contribution in [0.4, 0.5) is 10.5 Å². The molecular weight excluding hydrogens is 319 g/mol. The third kappa shape index (κ3) is 4.39. The number of hydrogen-bond donors (Lipinski definition) is 2. The van der Waals surface area contributed by atoms with E-state index in [0.29, 0.717) is 10.0 Å². The van der Waals surface area contributed by atoms with Crippen molar-refractivity contribution in [2.45, 2.75) is 26.3 Å². The highest BCUT2D eigenvalue weighted by Gasteiger charge is 2.13. The van der Waals surface area contributed by atoms with Crippen molar-refractivity contribution in [2.75, 3.05) is 5.32 Å². The molecule has 2 amide bonds. The lowest BCUT2D eigenvalue weighted by molar-refractivity contribution is 0.249. The van der Waals surface area contributed by atoms with Crippen molar-refractivity contribution in [3.63, 3.8) is 0 Å². The Morgan fingerprint density at radius 3 is 2.41 bits per heavy atom. The zero-order chi connectivity index (χ0) is 16.1. The molecule has 0 aliphatic heterocycles. The molecule has 0 radical (unpaired) electrons. The number of nitrogens with one attached hydrogen (secondary N) is 2. The molecule has 2 rings (SSSR count). The maximum atomic E-state index is 12.0. The number of anilines is 1. The van der Waals surface area contributed by atoms with Gasteiger partial charge in [0, 0.05) is 15.7 Å². The van der Waals surface area contributed by atoms with Gasteiger partial charge in [0.15, 0.2) is 0 Å². The fourth-order valence-electron chi connectivity index (χ4n) is 2.12. The summed E-state index contributed by atoms with van der Waals surface area (Å²) in [5.74, 6) is 0. The van der Waals surface area contributed by atoms with Crippen LogP contribution in [-0.2, 0) is 6.42 Å². The molecule has 0 saturated heterocycles. The first-order chi connectivity index (χ1) is 10.5. The quantitative estimate of drug-likeness (QED) is 0.766. The molecule has 3 nitrogen and oxygen atoms in total. The van der Waals surface area contributed by atoms with Crippen LogP contribution >= 0.6 is 23.2 Å². The molecule has 0 unspecified atom stereocenters. The Morgan fingerprint density at radius 1 is 1.14 bits per heavy atom. The fraction of sp³-hybridized carbons (Fsp3) is 0.235. The monoisotopic (exact) mass is 336 g/mol. The van der Waals surface area contributed by atoms with Crippen LogP contribution in [0, 0.1) is 0 Å². The zero-order valence-electron chi connectivity index (χ0n) is 12.5. The van der Waals surface area contributed by atoms with Gasteiger partial charge in [0.1, 0.15) is 0 Å². The predicted octanol–water partition coefficient (Wildman–Crippen LogP) is 5.44. The molecule has 0 saturated carbocycles. The molecule has 1 atom stereocenters. The van der Waals surface area contributed by atoms with Gasteiger partial charge in [0.25, 0.3) is 0 Å². The van der Waals surface area contributed by atoms with Gasteiger partial charge in [-0.2, -0.15) is 0 Å². The van der Waals surface area contributed by atoms with Gasteiger partial charge in [0.05, 0.1) is 6.04 Å². The SMILES string of the molecule is CCc1ccc(NC(=O)N[C@@H](C)c2ccc(Cl)cc2Cl)cc1. The molecule has 0 aliphatic rings. The van der Waals surface area contributed by atoms with Crippen LogP contribution in [0.25, 0.3) is 0 Å². The zero-order valence-corrected chi connectivity index (χ0v) is 14.0. The molecule has 0 spiro atoms. The van der Waals surface area contributed by atoms with Gasteiger partial charge in [-0.1, -0.05) is 48.3 Å². The fourth-order valence-corrected chi connectivity index (χ4v) is 2.69. The smallest absolute Gasteiger partial charge is 0.319 e. The molecular formula is C17H18Cl2N2O. The number of carbonyl (C=O) groups excluding carboxylic acids is 1. The Hall–Kier alpha value is -1.71. The minimum atomic E-state index is -0.275. The largest absolute Gasteiger partial charge is 0.331 e. The van der Waals surface area contributed by atoms with Crippen LogP contribution in [0.5, 0.6) is 0 Å². The van der Waals surface area contributed by atoms with Crippen LogP contribution < -0.4 is 10.6 Å². The summed E-state index contributed by atoms with van der Waals surface area (Å²) in [5, 5.41) is 6.77. The molecule has 0 bridgehead atoms. The van der Waals surface area contributed by atoms with Crippen LogP contribution in [0.2, 0.25) is 10.0 Å². The number of halogens is 2. The second-order valence-electron chi connectivity index (χ2n) is 5.04. The van der Waals surface area contributed by atoms with Gasteiger partial charge in [-0.3, -0.25) is 0 Å². The number of rotatable bonds is 4. The standard InChI is InChI=1S/C17H18Cl2N2O/c1-3-12-4-7-14(8-5-12)21-17(22)20-11(2)15-9-6-13(18)10-16(15)19/h4-11H,3H2,1-2H3,(H2,20,21,22)/t11-/m0/s1. The Balaban J connectivity index is 1.98. The number of carbonyl (C=O) groups is 1. The van der Waals surface area contributed by atoms with Crippen molar-refractivity contribution < 1.29 is 4.79 Å². The maximum absolute atomic E-state index is 12.0. The van der Waals surface area contributed by atoms with E-state index in [1.165, 1.54) is 5.56 Å². The first kappa shape index (κ1) is 16.7. The first-order valence-corrected chi connectivity index (χ1v) is 7.86. The molecule has 0 fully saturated rings. The van der Waals surface area contributed by atoms with Crippen LogP contribution in [0.1, 0.15) is 31.0 Å². The Labute approximate surface area is 140 Å². The van der Waals surface area contributed by atoms with Gasteiger partial charge < -0.3 is 10.6 Å². The Kier molecular flexibility index (Phi) is 5.69. The molecule has 2 aromatic rings. The van der Waals surface area contributed by atoms with Gasteiger partial charge >= 0.3 is 6.03 Å². The minimum Gasteiger partial charge on any atom is -0.331 e. The minimum absolute atomic E-state index is 0.223. The van der Waals surface area contributed by atoms with E-state index in [1.54, 1.807) is 12.1 Å². The second kappa shape index (κ2) is 7.52. The summed E-state index contributed by atoms with van der Waals surface area (Å²) < 4.78 is 0. The molecule has 2 N–H and O–H groups in total. The highest BCUT2D eigenvalue weighted by atomic mass is 35.5. The Morgan fingerprint density at radius 2 is 1.82 bits per heavy atom.